The van der Waals surface area contributed by atoms with E-state index in [-0.39, 0.29) is 5.78 Å². The fraction of sp³-hybridized carbons (Fsp3) is 0.400. The van der Waals surface area contributed by atoms with Crippen LogP contribution >= 0.6 is 0 Å². The summed E-state index contributed by atoms with van der Waals surface area (Å²) in [4.78, 5) is 13.4. The molecular formula is C15H19NO. The molecule has 1 rings (SSSR count). The Morgan fingerprint density at radius 1 is 1.18 bits per heavy atom. The van der Waals surface area contributed by atoms with Gasteiger partial charge in [0.15, 0.2) is 5.78 Å². The molecule has 0 saturated heterocycles. The maximum atomic E-state index is 11.1. The van der Waals surface area contributed by atoms with E-state index in [0.29, 0.717) is 0 Å². The summed E-state index contributed by atoms with van der Waals surface area (Å²) in [6.07, 6.45) is 0. The van der Waals surface area contributed by atoms with Crippen LogP contribution in [-0.2, 0) is 0 Å². The lowest BCUT2D eigenvalue weighted by molar-refractivity contribution is 0.101. The maximum Gasteiger partial charge on any atom is 0.159 e. The van der Waals surface area contributed by atoms with E-state index in [1.165, 1.54) is 0 Å². The highest BCUT2D eigenvalue weighted by molar-refractivity contribution is 5.94. The molecule has 2 heteroatoms. The molecule has 90 valence electrons. The van der Waals surface area contributed by atoms with Crippen molar-refractivity contribution in [2.24, 2.45) is 0 Å². The normalized spacial score (nSPS) is 9.88. The Balaban J connectivity index is 2.63. The average Bonchev–Trinajstić information content (AvgIpc) is 2.35. The van der Waals surface area contributed by atoms with Gasteiger partial charge in [0.05, 0.1) is 6.54 Å². The first-order valence-electron chi connectivity index (χ1n) is 5.99. The number of hydrogen-bond acceptors (Lipinski definition) is 2. The predicted octanol–water partition coefficient (Wildman–Crippen LogP) is 2.58. The van der Waals surface area contributed by atoms with Crippen molar-refractivity contribution >= 4 is 5.78 Å². The fourth-order valence-electron chi connectivity index (χ4n) is 1.49. The minimum absolute atomic E-state index is 0.0904. The summed E-state index contributed by atoms with van der Waals surface area (Å²) >= 11 is 0. The monoisotopic (exact) mass is 229 g/mol. The van der Waals surface area contributed by atoms with Gasteiger partial charge in [0.2, 0.25) is 0 Å². The summed E-state index contributed by atoms with van der Waals surface area (Å²) in [5.74, 6) is 6.34. The van der Waals surface area contributed by atoms with Crippen LogP contribution in [0.2, 0.25) is 0 Å². The van der Waals surface area contributed by atoms with Crippen molar-refractivity contribution in [3.8, 4) is 11.8 Å². The molecule has 0 aliphatic carbocycles. The van der Waals surface area contributed by atoms with E-state index in [4.69, 9.17) is 0 Å². The smallest absolute Gasteiger partial charge is 0.159 e. The van der Waals surface area contributed by atoms with Crippen LogP contribution < -0.4 is 0 Å². The Morgan fingerprint density at radius 2 is 1.76 bits per heavy atom. The van der Waals surface area contributed by atoms with E-state index in [1.807, 2.05) is 24.3 Å². The molecule has 0 saturated carbocycles. The lowest BCUT2D eigenvalue weighted by Crippen LogP contribution is -2.22. The van der Waals surface area contributed by atoms with Gasteiger partial charge in [0, 0.05) is 11.1 Å². The minimum atomic E-state index is 0.0904. The summed E-state index contributed by atoms with van der Waals surface area (Å²) in [5.41, 5.74) is 1.70. The van der Waals surface area contributed by atoms with Crippen LogP contribution in [0.1, 0.15) is 36.7 Å². The topological polar surface area (TPSA) is 20.3 Å². The summed E-state index contributed by atoms with van der Waals surface area (Å²) in [5, 5.41) is 0. The summed E-state index contributed by atoms with van der Waals surface area (Å²) in [6.45, 7) is 8.67. The Morgan fingerprint density at radius 3 is 2.24 bits per heavy atom. The number of carbonyl (C=O) groups excluding carboxylic acids is 1. The van der Waals surface area contributed by atoms with E-state index in [9.17, 15) is 4.79 Å². The van der Waals surface area contributed by atoms with Crippen molar-refractivity contribution in [3.05, 3.63) is 35.4 Å². The van der Waals surface area contributed by atoms with E-state index >= 15 is 0 Å². The highest BCUT2D eigenvalue weighted by atomic mass is 16.1. The van der Waals surface area contributed by atoms with Gasteiger partial charge in [-0.15, -0.1) is 0 Å². The number of ketones is 1. The number of hydrogen-bond donors (Lipinski definition) is 0. The lowest BCUT2D eigenvalue weighted by Gasteiger charge is -2.13. The molecule has 2 nitrogen and oxygen atoms in total. The van der Waals surface area contributed by atoms with Gasteiger partial charge in [-0.1, -0.05) is 37.8 Å². The standard InChI is InChI=1S/C15H19NO/c1-4-16(5-2)12-6-7-14-8-10-15(11-9-14)13(3)17/h8-11H,4-5,12H2,1-3H3. The van der Waals surface area contributed by atoms with E-state index in [2.05, 4.69) is 30.6 Å². The molecule has 0 aliphatic rings. The van der Waals surface area contributed by atoms with Crippen LogP contribution in [0, 0.1) is 11.8 Å². The molecule has 0 aromatic heterocycles. The first-order chi connectivity index (χ1) is 8.17. The molecule has 0 N–H and O–H groups in total. The molecule has 0 unspecified atom stereocenters. The third kappa shape index (κ3) is 4.42. The molecule has 17 heavy (non-hydrogen) atoms. The van der Waals surface area contributed by atoms with Crippen molar-refractivity contribution in [2.45, 2.75) is 20.8 Å². The average molecular weight is 229 g/mol. The second-order valence-corrected chi connectivity index (χ2v) is 3.90. The first kappa shape index (κ1) is 13.5. The van der Waals surface area contributed by atoms with Crippen molar-refractivity contribution in [3.63, 3.8) is 0 Å². The molecule has 1 aromatic carbocycles. The number of rotatable bonds is 4. The van der Waals surface area contributed by atoms with Gasteiger partial charge in [-0.2, -0.15) is 0 Å². The molecule has 0 aliphatic heterocycles. The van der Waals surface area contributed by atoms with Crippen LogP contribution in [0.15, 0.2) is 24.3 Å². The zero-order valence-corrected chi connectivity index (χ0v) is 10.8. The Labute approximate surface area is 104 Å². The number of carbonyl (C=O) groups is 1. The third-order valence-corrected chi connectivity index (χ3v) is 2.72. The molecule has 0 spiro atoms. The molecular weight excluding hydrogens is 210 g/mol. The summed E-state index contributed by atoms with van der Waals surface area (Å²) in [6, 6.07) is 7.44. The van der Waals surface area contributed by atoms with Crippen LogP contribution in [0.3, 0.4) is 0 Å². The zero-order chi connectivity index (χ0) is 12.7. The van der Waals surface area contributed by atoms with Crippen molar-refractivity contribution < 1.29 is 4.79 Å². The number of nitrogens with zero attached hydrogens (tertiary/aromatic N) is 1. The number of Topliss-reactive ketones (excluding diaryl/α,β-unsaturated/α-hetero) is 1. The maximum absolute atomic E-state index is 11.1. The third-order valence-electron chi connectivity index (χ3n) is 2.72. The molecule has 0 fully saturated rings. The minimum Gasteiger partial charge on any atom is -0.295 e. The largest absolute Gasteiger partial charge is 0.295 e. The summed E-state index contributed by atoms with van der Waals surface area (Å²) in [7, 11) is 0. The van der Waals surface area contributed by atoms with Gasteiger partial charge < -0.3 is 0 Å². The van der Waals surface area contributed by atoms with Gasteiger partial charge in [0.25, 0.3) is 0 Å². The SMILES string of the molecule is CCN(CC)CC#Cc1ccc(C(C)=O)cc1. The second kappa shape index (κ2) is 6.88. The quantitative estimate of drug-likeness (QED) is 0.584. The van der Waals surface area contributed by atoms with Crippen molar-refractivity contribution in [1.29, 1.82) is 0 Å². The lowest BCUT2D eigenvalue weighted by atomic mass is 10.1. The molecule has 0 radical (unpaired) electrons. The van der Waals surface area contributed by atoms with Crippen LogP contribution in [0.25, 0.3) is 0 Å². The summed E-state index contributed by atoms with van der Waals surface area (Å²) < 4.78 is 0. The van der Waals surface area contributed by atoms with E-state index in [0.717, 1.165) is 30.8 Å². The molecule has 0 bridgehead atoms. The number of benzene rings is 1. The highest BCUT2D eigenvalue weighted by Crippen LogP contribution is 2.03. The fourth-order valence-corrected chi connectivity index (χ4v) is 1.49. The van der Waals surface area contributed by atoms with Crippen molar-refractivity contribution in [1.82, 2.24) is 4.90 Å². The molecule has 0 heterocycles. The zero-order valence-electron chi connectivity index (χ0n) is 10.8. The van der Waals surface area contributed by atoms with Crippen molar-refractivity contribution in [2.75, 3.05) is 19.6 Å². The Hall–Kier alpha value is -1.59. The van der Waals surface area contributed by atoms with Crippen LogP contribution in [0.5, 0.6) is 0 Å². The van der Waals surface area contributed by atoms with Gasteiger partial charge in [-0.3, -0.25) is 9.69 Å². The Kier molecular flexibility index (Phi) is 5.45. The molecule has 0 atom stereocenters. The van der Waals surface area contributed by atoms with Crippen LogP contribution in [-0.4, -0.2) is 30.3 Å². The second-order valence-electron chi connectivity index (χ2n) is 3.90. The van der Waals surface area contributed by atoms with Gasteiger partial charge >= 0.3 is 0 Å². The van der Waals surface area contributed by atoms with Gasteiger partial charge in [0.1, 0.15) is 0 Å². The van der Waals surface area contributed by atoms with Gasteiger partial charge in [-0.25, -0.2) is 0 Å². The van der Waals surface area contributed by atoms with Crippen LogP contribution in [0.4, 0.5) is 0 Å². The molecule has 1 aromatic rings. The van der Waals surface area contributed by atoms with E-state index < -0.39 is 0 Å². The Bertz CT molecular complexity index is 418. The van der Waals surface area contributed by atoms with Gasteiger partial charge in [-0.05, 0) is 32.1 Å². The first-order valence-corrected chi connectivity index (χ1v) is 5.99. The predicted molar refractivity (Wildman–Crippen MR) is 71.1 cm³/mol. The highest BCUT2D eigenvalue weighted by Gasteiger charge is 1.97. The van der Waals surface area contributed by atoms with E-state index in [1.54, 1.807) is 6.92 Å². The molecule has 0 amide bonds.